The third-order valence-electron chi connectivity index (χ3n) is 5.19. The van der Waals surface area contributed by atoms with Crippen LogP contribution in [0.4, 0.5) is 0 Å². The predicted molar refractivity (Wildman–Crippen MR) is 128 cm³/mol. The molecule has 206 valence electrons. The van der Waals surface area contributed by atoms with Gasteiger partial charge in [-0.25, -0.2) is 4.79 Å². The van der Waals surface area contributed by atoms with Gasteiger partial charge < -0.3 is 42.7 Å². The first-order valence-electron chi connectivity index (χ1n) is 11.8. The molecule has 0 aliphatic carbocycles. The minimum atomic E-state index is -1.49. The van der Waals surface area contributed by atoms with Gasteiger partial charge in [-0.15, -0.1) is 0 Å². The molecule has 14 nitrogen and oxygen atoms in total. The lowest BCUT2D eigenvalue weighted by atomic mass is 10.0. The summed E-state index contributed by atoms with van der Waals surface area (Å²) in [5.41, 5.74) is 11.3. The Morgan fingerprint density at radius 2 is 1.17 bits per heavy atom. The lowest BCUT2D eigenvalue weighted by Crippen LogP contribution is -2.57. The largest absolute Gasteiger partial charge is 0.481 e. The number of nitrogens with one attached hydrogen (secondary N) is 3. The van der Waals surface area contributed by atoms with Crippen molar-refractivity contribution in [2.75, 3.05) is 6.54 Å². The van der Waals surface area contributed by atoms with Crippen molar-refractivity contribution in [3.05, 3.63) is 0 Å². The average molecular weight is 518 g/mol. The van der Waals surface area contributed by atoms with Crippen LogP contribution in [-0.2, 0) is 28.8 Å². The molecule has 0 saturated heterocycles. The zero-order valence-electron chi connectivity index (χ0n) is 20.7. The Morgan fingerprint density at radius 3 is 1.64 bits per heavy atom. The zero-order valence-corrected chi connectivity index (χ0v) is 20.7. The van der Waals surface area contributed by atoms with Gasteiger partial charge in [-0.05, 0) is 44.6 Å². The zero-order chi connectivity index (χ0) is 27.8. The van der Waals surface area contributed by atoms with Crippen LogP contribution < -0.4 is 27.4 Å². The first-order chi connectivity index (χ1) is 16.8. The lowest BCUT2D eigenvalue weighted by Gasteiger charge is -2.26. The summed E-state index contributed by atoms with van der Waals surface area (Å²) in [5.74, 6) is -6.34. The SMILES string of the molecule is CC(C)C[C@H](NC(=O)[C@H](CCC(=O)O)NC(=O)[C@@H](N)CCCCN)C(=O)N[C@@H](CCC(=O)O)C(=O)O. The monoisotopic (exact) mass is 517 g/mol. The summed E-state index contributed by atoms with van der Waals surface area (Å²) in [6.45, 7) is 3.95. The number of hydrogen-bond acceptors (Lipinski definition) is 8. The highest BCUT2D eigenvalue weighted by molar-refractivity contribution is 5.94. The Balaban J connectivity index is 5.51. The topological polar surface area (TPSA) is 251 Å². The van der Waals surface area contributed by atoms with Gasteiger partial charge >= 0.3 is 17.9 Å². The van der Waals surface area contributed by atoms with Crippen LogP contribution in [0.2, 0.25) is 0 Å². The molecule has 0 aromatic rings. The van der Waals surface area contributed by atoms with Crippen LogP contribution in [0.3, 0.4) is 0 Å². The van der Waals surface area contributed by atoms with Gasteiger partial charge in [0.25, 0.3) is 0 Å². The maximum atomic E-state index is 13.0. The normalized spacial score (nSPS) is 14.2. The standard InChI is InChI=1S/C22H39N5O9/c1-12(2)11-16(21(34)26-15(22(35)36)7-9-18(30)31)27-20(33)14(6-8-17(28)29)25-19(32)13(24)5-3-4-10-23/h12-16H,3-11,23-24H2,1-2H3,(H,25,32)(H,26,34)(H,27,33)(H,28,29)(H,30,31)(H,35,36)/t13-,14-,15-,16-/m0/s1. The van der Waals surface area contributed by atoms with Gasteiger partial charge in [0.15, 0.2) is 0 Å². The molecule has 14 heteroatoms. The molecule has 0 heterocycles. The van der Waals surface area contributed by atoms with Crippen molar-refractivity contribution in [3.8, 4) is 0 Å². The summed E-state index contributed by atoms with van der Waals surface area (Å²) in [6.07, 6.45) is 0.0704. The number of carbonyl (C=O) groups excluding carboxylic acids is 3. The highest BCUT2D eigenvalue weighted by Gasteiger charge is 2.31. The molecule has 10 N–H and O–H groups in total. The molecule has 3 amide bonds. The van der Waals surface area contributed by atoms with Crippen LogP contribution >= 0.6 is 0 Å². The van der Waals surface area contributed by atoms with Gasteiger partial charge in [0.2, 0.25) is 17.7 Å². The van der Waals surface area contributed by atoms with E-state index in [1.54, 1.807) is 13.8 Å². The quantitative estimate of drug-likeness (QED) is 0.0940. The predicted octanol–water partition coefficient (Wildman–Crippen LogP) is -1.24. The van der Waals surface area contributed by atoms with Crippen LogP contribution in [0.1, 0.15) is 65.2 Å². The number of carbonyl (C=O) groups is 6. The van der Waals surface area contributed by atoms with Gasteiger partial charge in [0, 0.05) is 12.8 Å². The van der Waals surface area contributed by atoms with Gasteiger partial charge in [0.05, 0.1) is 6.04 Å². The van der Waals surface area contributed by atoms with Crippen LogP contribution in [0, 0.1) is 5.92 Å². The summed E-state index contributed by atoms with van der Waals surface area (Å²) in [4.78, 5) is 71.5. The van der Waals surface area contributed by atoms with Crippen LogP contribution in [0.25, 0.3) is 0 Å². The number of aliphatic carboxylic acids is 3. The van der Waals surface area contributed by atoms with E-state index in [-0.39, 0.29) is 25.2 Å². The van der Waals surface area contributed by atoms with E-state index in [0.717, 1.165) is 0 Å². The van der Waals surface area contributed by atoms with Gasteiger partial charge in [-0.2, -0.15) is 0 Å². The van der Waals surface area contributed by atoms with Crippen molar-refractivity contribution in [1.82, 2.24) is 16.0 Å². The summed E-state index contributed by atoms with van der Waals surface area (Å²) in [6, 6.07) is -4.96. The Morgan fingerprint density at radius 1 is 0.694 bits per heavy atom. The Kier molecular flexibility index (Phi) is 15.7. The van der Waals surface area contributed by atoms with Crippen LogP contribution in [0.5, 0.6) is 0 Å². The van der Waals surface area contributed by atoms with Crippen molar-refractivity contribution in [1.29, 1.82) is 0 Å². The fourth-order valence-corrected chi connectivity index (χ4v) is 3.23. The van der Waals surface area contributed by atoms with E-state index in [9.17, 15) is 33.9 Å². The molecule has 0 radical (unpaired) electrons. The second kappa shape index (κ2) is 17.2. The maximum absolute atomic E-state index is 13.0. The van der Waals surface area contributed by atoms with E-state index in [2.05, 4.69) is 16.0 Å². The number of carboxylic acids is 3. The molecule has 0 unspecified atom stereocenters. The summed E-state index contributed by atoms with van der Waals surface area (Å²) in [7, 11) is 0. The first kappa shape index (κ1) is 32.7. The number of carboxylic acid groups (broad SMARTS) is 3. The third-order valence-corrected chi connectivity index (χ3v) is 5.19. The van der Waals surface area contributed by atoms with E-state index in [1.807, 2.05) is 0 Å². The van der Waals surface area contributed by atoms with Crippen LogP contribution in [0.15, 0.2) is 0 Å². The van der Waals surface area contributed by atoms with E-state index < -0.39 is 72.6 Å². The molecule has 0 bridgehead atoms. The molecular weight excluding hydrogens is 478 g/mol. The number of amides is 3. The van der Waals surface area contributed by atoms with Crippen molar-refractivity contribution in [3.63, 3.8) is 0 Å². The minimum Gasteiger partial charge on any atom is -0.481 e. The molecule has 0 spiro atoms. The second-order valence-electron chi connectivity index (χ2n) is 8.91. The number of rotatable bonds is 19. The van der Waals surface area contributed by atoms with E-state index in [1.165, 1.54) is 0 Å². The molecular formula is C22H39N5O9. The minimum absolute atomic E-state index is 0.0983. The van der Waals surface area contributed by atoms with Crippen molar-refractivity contribution < 1.29 is 44.1 Å². The van der Waals surface area contributed by atoms with Gasteiger partial charge in [-0.1, -0.05) is 20.3 Å². The third kappa shape index (κ3) is 14.2. The van der Waals surface area contributed by atoms with E-state index in [4.69, 9.17) is 21.7 Å². The average Bonchev–Trinajstić information content (AvgIpc) is 2.77. The number of unbranched alkanes of at least 4 members (excludes halogenated alkanes) is 1. The summed E-state index contributed by atoms with van der Waals surface area (Å²) in [5, 5.41) is 34.2. The maximum Gasteiger partial charge on any atom is 0.326 e. The summed E-state index contributed by atoms with van der Waals surface area (Å²) < 4.78 is 0. The highest BCUT2D eigenvalue weighted by Crippen LogP contribution is 2.09. The van der Waals surface area contributed by atoms with Crippen molar-refractivity contribution >= 4 is 35.6 Å². The van der Waals surface area contributed by atoms with Crippen LogP contribution in [-0.4, -0.2) is 81.7 Å². The first-order valence-corrected chi connectivity index (χ1v) is 11.8. The molecule has 0 saturated carbocycles. The molecule has 0 aromatic carbocycles. The smallest absolute Gasteiger partial charge is 0.326 e. The molecule has 0 fully saturated rings. The van der Waals surface area contributed by atoms with Crippen molar-refractivity contribution in [2.24, 2.45) is 17.4 Å². The molecule has 4 atom stereocenters. The van der Waals surface area contributed by atoms with Crippen molar-refractivity contribution in [2.45, 2.75) is 89.4 Å². The fraction of sp³-hybridized carbons (Fsp3) is 0.727. The molecule has 0 aliphatic rings. The van der Waals surface area contributed by atoms with Gasteiger partial charge in [-0.3, -0.25) is 24.0 Å². The lowest BCUT2D eigenvalue weighted by molar-refractivity contribution is -0.143. The Bertz CT molecular complexity index is 775. The molecule has 0 rings (SSSR count). The summed E-state index contributed by atoms with van der Waals surface area (Å²) >= 11 is 0. The second-order valence-corrected chi connectivity index (χ2v) is 8.91. The molecule has 0 aromatic heterocycles. The van der Waals surface area contributed by atoms with E-state index in [0.29, 0.717) is 25.8 Å². The highest BCUT2D eigenvalue weighted by atomic mass is 16.4. The number of nitrogens with two attached hydrogens (primary N) is 2. The van der Waals surface area contributed by atoms with Gasteiger partial charge in [0.1, 0.15) is 18.1 Å². The Hall–Kier alpha value is -3.26. The Labute approximate surface area is 209 Å². The fourth-order valence-electron chi connectivity index (χ4n) is 3.23. The number of hydrogen-bond donors (Lipinski definition) is 8. The molecule has 36 heavy (non-hydrogen) atoms. The molecule has 0 aliphatic heterocycles. The van der Waals surface area contributed by atoms with E-state index >= 15 is 0 Å².